The lowest BCUT2D eigenvalue weighted by molar-refractivity contribution is -0.152. The number of hydrogen-bond acceptors (Lipinski definition) is 2. The Morgan fingerprint density at radius 3 is 2.47 bits per heavy atom. The molecule has 0 saturated carbocycles. The smallest absolute Gasteiger partial charge is 0.312 e. The van der Waals surface area contributed by atoms with Crippen LogP contribution >= 0.6 is 0 Å². The summed E-state index contributed by atoms with van der Waals surface area (Å²) in [6.45, 7) is 11.7. The van der Waals surface area contributed by atoms with Crippen LogP contribution in [-0.2, 0) is 9.59 Å². The fourth-order valence-electron chi connectivity index (χ4n) is 2.14. The highest BCUT2D eigenvalue weighted by Gasteiger charge is 2.37. The highest BCUT2D eigenvalue weighted by molar-refractivity contribution is 6.35. The van der Waals surface area contributed by atoms with Crippen molar-refractivity contribution in [2.24, 2.45) is 11.3 Å². The van der Waals surface area contributed by atoms with Crippen molar-refractivity contribution in [3.8, 4) is 0 Å². The zero-order chi connectivity index (χ0) is 13.2. The van der Waals surface area contributed by atoms with Gasteiger partial charge in [-0.15, -0.1) is 0 Å². The minimum Gasteiger partial charge on any atom is -0.346 e. The number of hydrogen-bond donors (Lipinski definition) is 1. The maximum Gasteiger partial charge on any atom is 0.312 e. The number of nitrogens with zero attached hydrogens (tertiary/aromatic N) is 1. The minimum absolute atomic E-state index is 0.0129. The van der Waals surface area contributed by atoms with E-state index in [9.17, 15) is 9.59 Å². The van der Waals surface area contributed by atoms with Crippen molar-refractivity contribution in [2.45, 2.75) is 47.1 Å². The summed E-state index contributed by atoms with van der Waals surface area (Å²) in [5.41, 5.74) is 0.0129. The Hall–Kier alpha value is -1.06. The molecule has 0 radical (unpaired) electrons. The van der Waals surface area contributed by atoms with E-state index in [-0.39, 0.29) is 17.4 Å². The molecule has 98 valence electrons. The molecule has 1 unspecified atom stereocenters. The SMILES string of the molecule is CCC(C)[C@H]1CNC(=O)C(=O)N1CC(C)(C)C. The first-order valence-electron chi connectivity index (χ1n) is 6.35. The summed E-state index contributed by atoms with van der Waals surface area (Å²) >= 11 is 0. The molecular weight excluding hydrogens is 216 g/mol. The van der Waals surface area contributed by atoms with Crippen LogP contribution in [0.5, 0.6) is 0 Å². The average Bonchev–Trinajstić information content (AvgIpc) is 2.22. The van der Waals surface area contributed by atoms with Gasteiger partial charge in [0.15, 0.2) is 0 Å². The van der Waals surface area contributed by atoms with Crippen LogP contribution < -0.4 is 5.32 Å². The van der Waals surface area contributed by atoms with Gasteiger partial charge in [-0.25, -0.2) is 0 Å². The summed E-state index contributed by atoms with van der Waals surface area (Å²) in [6, 6.07) is 0.129. The average molecular weight is 240 g/mol. The molecule has 0 aromatic carbocycles. The predicted octanol–water partition coefficient (Wildman–Crippen LogP) is 1.41. The van der Waals surface area contributed by atoms with Crippen molar-refractivity contribution < 1.29 is 9.59 Å². The Morgan fingerprint density at radius 1 is 1.41 bits per heavy atom. The molecule has 0 aromatic rings. The van der Waals surface area contributed by atoms with Crippen LogP contribution in [0.25, 0.3) is 0 Å². The summed E-state index contributed by atoms with van der Waals surface area (Å²) in [7, 11) is 0. The maximum absolute atomic E-state index is 11.9. The Balaban J connectivity index is 2.88. The van der Waals surface area contributed by atoms with Gasteiger partial charge in [0.05, 0.1) is 6.04 Å². The number of carbonyl (C=O) groups excluding carboxylic acids is 2. The van der Waals surface area contributed by atoms with E-state index < -0.39 is 5.91 Å². The van der Waals surface area contributed by atoms with E-state index in [0.29, 0.717) is 19.0 Å². The van der Waals surface area contributed by atoms with Gasteiger partial charge in [0.1, 0.15) is 0 Å². The molecule has 1 rings (SSSR count). The van der Waals surface area contributed by atoms with Crippen molar-refractivity contribution in [1.29, 1.82) is 0 Å². The van der Waals surface area contributed by atoms with E-state index in [1.807, 2.05) is 0 Å². The van der Waals surface area contributed by atoms with Gasteiger partial charge < -0.3 is 10.2 Å². The third kappa shape index (κ3) is 3.45. The molecule has 1 heterocycles. The van der Waals surface area contributed by atoms with Gasteiger partial charge in [-0.2, -0.15) is 0 Å². The van der Waals surface area contributed by atoms with Gasteiger partial charge >= 0.3 is 11.8 Å². The van der Waals surface area contributed by atoms with Gasteiger partial charge in [0, 0.05) is 13.1 Å². The summed E-state index contributed by atoms with van der Waals surface area (Å²) in [5.74, 6) is -0.438. The Kier molecular flexibility index (Phi) is 4.17. The van der Waals surface area contributed by atoms with Crippen LogP contribution in [0.2, 0.25) is 0 Å². The molecule has 1 aliphatic rings. The summed E-state index contributed by atoms with van der Waals surface area (Å²) < 4.78 is 0. The lowest BCUT2D eigenvalue weighted by Crippen LogP contribution is -2.61. The minimum atomic E-state index is -0.464. The Labute approximate surface area is 104 Å². The molecule has 4 nitrogen and oxygen atoms in total. The van der Waals surface area contributed by atoms with Gasteiger partial charge in [-0.05, 0) is 11.3 Å². The van der Waals surface area contributed by atoms with E-state index in [2.05, 4.69) is 39.9 Å². The van der Waals surface area contributed by atoms with Crippen LogP contribution in [0.1, 0.15) is 41.0 Å². The van der Waals surface area contributed by atoms with E-state index in [1.54, 1.807) is 4.90 Å². The van der Waals surface area contributed by atoms with Crippen LogP contribution in [-0.4, -0.2) is 35.8 Å². The van der Waals surface area contributed by atoms with E-state index in [4.69, 9.17) is 0 Å². The first-order valence-corrected chi connectivity index (χ1v) is 6.35. The van der Waals surface area contributed by atoms with Gasteiger partial charge in [0.25, 0.3) is 0 Å². The van der Waals surface area contributed by atoms with E-state index in [0.717, 1.165) is 6.42 Å². The standard InChI is InChI=1S/C13H24N2O2/c1-6-9(2)10-7-14-11(16)12(17)15(10)8-13(3,4)5/h9-10H,6-8H2,1-5H3,(H,14,16)/t9?,10-/m1/s1. The topological polar surface area (TPSA) is 49.4 Å². The molecule has 1 fully saturated rings. The van der Waals surface area contributed by atoms with Crippen LogP contribution in [0.3, 0.4) is 0 Å². The molecule has 1 aliphatic heterocycles. The largest absolute Gasteiger partial charge is 0.346 e. The fraction of sp³-hybridized carbons (Fsp3) is 0.846. The molecule has 1 saturated heterocycles. The van der Waals surface area contributed by atoms with Gasteiger partial charge in [-0.1, -0.05) is 41.0 Å². The van der Waals surface area contributed by atoms with E-state index in [1.165, 1.54) is 0 Å². The molecule has 2 amide bonds. The number of nitrogens with one attached hydrogen (secondary N) is 1. The summed E-state index contributed by atoms with van der Waals surface area (Å²) in [4.78, 5) is 25.1. The zero-order valence-corrected chi connectivity index (χ0v) is 11.5. The van der Waals surface area contributed by atoms with Crippen molar-refractivity contribution >= 4 is 11.8 Å². The zero-order valence-electron chi connectivity index (χ0n) is 11.5. The first-order chi connectivity index (χ1) is 7.76. The second kappa shape index (κ2) is 5.07. The Bertz CT molecular complexity index is 307. The maximum atomic E-state index is 11.9. The second-order valence-corrected chi connectivity index (χ2v) is 6.16. The number of carbonyl (C=O) groups is 2. The molecule has 17 heavy (non-hydrogen) atoms. The van der Waals surface area contributed by atoms with Gasteiger partial charge in [-0.3, -0.25) is 9.59 Å². The second-order valence-electron chi connectivity index (χ2n) is 6.16. The van der Waals surface area contributed by atoms with Crippen molar-refractivity contribution in [3.63, 3.8) is 0 Å². The lowest BCUT2D eigenvalue weighted by atomic mass is 9.90. The van der Waals surface area contributed by atoms with E-state index >= 15 is 0 Å². The third-order valence-electron chi connectivity index (χ3n) is 3.27. The molecule has 0 spiro atoms. The highest BCUT2D eigenvalue weighted by atomic mass is 16.2. The lowest BCUT2D eigenvalue weighted by Gasteiger charge is -2.41. The van der Waals surface area contributed by atoms with Crippen molar-refractivity contribution in [1.82, 2.24) is 10.2 Å². The van der Waals surface area contributed by atoms with Gasteiger partial charge in [0.2, 0.25) is 0 Å². The molecule has 0 aliphatic carbocycles. The fourth-order valence-corrected chi connectivity index (χ4v) is 2.14. The monoisotopic (exact) mass is 240 g/mol. The molecule has 4 heteroatoms. The Morgan fingerprint density at radius 2 is 2.00 bits per heavy atom. The normalized spacial score (nSPS) is 23.6. The first kappa shape index (κ1) is 14.0. The van der Waals surface area contributed by atoms with Crippen molar-refractivity contribution in [2.75, 3.05) is 13.1 Å². The van der Waals surface area contributed by atoms with Crippen molar-refractivity contribution in [3.05, 3.63) is 0 Å². The quantitative estimate of drug-likeness (QED) is 0.758. The number of piperazine rings is 1. The number of amides is 2. The van der Waals surface area contributed by atoms with Crippen LogP contribution in [0, 0.1) is 11.3 Å². The summed E-state index contributed by atoms with van der Waals surface area (Å²) in [6.07, 6.45) is 1.01. The number of rotatable bonds is 3. The van der Waals surface area contributed by atoms with Crippen LogP contribution in [0.4, 0.5) is 0 Å². The molecule has 0 aromatic heterocycles. The third-order valence-corrected chi connectivity index (χ3v) is 3.27. The predicted molar refractivity (Wildman–Crippen MR) is 67.4 cm³/mol. The molecular formula is C13H24N2O2. The molecule has 0 bridgehead atoms. The highest BCUT2D eigenvalue weighted by Crippen LogP contribution is 2.23. The van der Waals surface area contributed by atoms with Crippen LogP contribution in [0.15, 0.2) is 0 Å². The summed E-state index contributed by atoms with van der Waals surface area (Å²) in [5, 5.41) is 2.68. The molecule has 2 atom stereocenters. The molecule has 1 N–H and O–H groups in total.